The maximum absolute atomic E-state index is 12.0. The van der Waals surface area contributed by atoms with Gasteiger partial charge in [-0.2, -0.15) is 0 Å². The minimum absolute atomic E-state index is 0.0126. The van der Waals surface area contributed by atoms with Gasteiger partial charge >= 0.3 is 5.63 Å². The lowest BCUT2D eigenvalue weighted by Crippen LogP contribution is -2.42. The molecule has 1 fully saturated rings. The number of amides is 1. The number of nitrogens with zero attached hydrogens (tertiary/aromatic N) is 1. The Morgan fingerprint density at radius 2 is 2.05 bits per heavy atom. The van der Waals surface area contributed by atoms with Gasteiger partial charge in [0, 0.05) is 24.5 Å². The van der Waals surface area contributed by atoms with Crippen LogP contribution in [-0.2, 0) is 9.53 Å². The molecule has 2 heterocycles. The first-order chi connectivity index (χ1) is 10.6. The van der Waals surface area contributed by atoms with Crippen LogP contribution < -0.4 is 10.4 Å². The highest BCUT2D eigenvalue weighted by molar-refractivity contribution is 5.82. The van der Waals surface area contributed by atoms with Gasteiger partial charge in [0.25, 0.3) is 5.91 Å². The van der Waals surface area contributed by atoms with Gasteiger partial charge in [-0.1, -0.05) is 0 Å². The molecule has 2 aromatic rings. The molecule has 1 aromatic carbocycles. The summed E-state index contributed by atoms with van der Waals surface area (Å²) in [6.07, 6.45) is 0. The summed E-state index contributed by atoms with van der Waals surface area (Å²) in [5, 5.41) is 0.802. The Morgan fingerprint density at radius 3 is 2.82 bits per heavy atom. The molecule has 0 unspecified atom stereocenters. The third kappa shape index (κ3) is 3.12. The van der Waals surface area contributed by atoms with E-state index in [2.05, 4.69) is 0 Å². The van der Waals surface area contributed by atoms with E-state index in [0.717, 1.165) is 10.9 Å². The molecule has 0 atom stereocenters. The third-order valence-corrected chi connectivity index (χ3v) is 3.65. The first-order valence-corrected chi connectivity index (χ1v) is 7.16. The van der Waals surface area contributed by atoms with E-state index in [-0.39, 0.29) is 18.1 Å². The van der Waals surface area contributed by atoms with Crippen LogP contribution in [0.3, 0.4) is 0 Å². The van der Waals surface area contributed by atoms with Crippen molar-refractivity contribution < 1.29 is 18.7 Å². The van der Waals surface area contributed by atoms with Crippen LogP contribution in [0.2, 0.25) is 0 Å². The number of carbonyl (C=O) groups is 1. The molecular weight excluding hydrogens is 286 g/mol. The summed E-state index contributed by atoms with van der Waals surface area (Å²) in [5.41, 5.74) is 0.953. The number of hydrogen-bond acceptors (Lipinski definition) is 5. The Balaban J connectivity index is 1.71. The summed E-state index contributed by atoms with van der Waals surface area (Å²) >= 11 is 0. The van der Waals surface area contributed by atoms with Crippen molar-refractivity contribution >= 4 is 16.9 Å². The molecule has 6 nitrogen and oxygen atoms in total. The maximum Gasteiger partial charge on any atom is 0.336 e. The van der Waals surface area contributed by atoms with Crippen molar-refractivity contribution in [2.75, 3.05) is 32.9 Å². The largest absolute Gasteiger partial charge is 0.484 e. The van der Waals surface area contributed by atoms with Crippen LogP contribution in [0.4, 0.5) is 0 Å². The zero-order chi connectivity index (χ0) is 15.5. The fourth-order valence-electron chi connectivity index (χ4n) is 2.44. The molecule has 1 amide bonds. The Hall–Kier alpha value is -2.34. The van der Waals surface area contributed by atoms with Gasteiger partial charge in [-0.15, -0.1) is 0 Å². The minimum atomic E-state index is -0.374. The number of fused-ring (bicyclic) bond motifs is 1. The molecule has 0 aliphatic carbocycles. The van der Waals surface area contributed by atoms with Crippen LogP contribution in [0.25, 0.3) is 11.0 Å². The molecule has 1 aliphatic heterocycles. The maximum atomic E-state index is 12.0. The Labute approximate surface area is 127 Å². The monoisotopic (exact) mass is 303 g/mol. The molecule has 0 spiro atoms. The molecule has 22 heavy (non-hydrogen) atoms. The summed E-state index contributed by atoms with van der Waals surface area (Å²) in [7, 11) is 0. The van der Waals surface area contributed by atoms with E-state index < -0.39 is 0 Å². The molecule has 0 saturated carbocycles. The molecule has 6 heteroatoms. The van der Waals surface area contributed by atoms with Crippen molar-refractivity contribution in [3.63, 3.8) is 0 Å². The minimum Gasteiger partial charge on any atom is -0.484 e. The Bertz CT molecular complexity index is 746. The van der Waals surface area contributed by atoms with Crippen molar-refractivity contribution in [2.24, 2.45) is 0 Å². The van der Waals surface area contributed by atoms with E-state index in [1.54, 1.807) is 23.1 Å². The van der Waals surface area contributed by atoms with Crippen molar-refractivity contribution in [1.82, 2.24) is 4.90 Å². The topological polar surface area (TPSA) is 69.0 Å². The van der Waals surface area contributed by atoms with Gasteiger partial charge in [0.2, 0.25) is 0 Å². The third-order valence-electron chi connectivity index (χ3n) is 3.65. The van der Waals surface area contributed by atoms with Gasteiger partial charge in [-0.25, -0.2) is 4.79 Å². The van der Waals surface area contributed by atoms with Crippen LogP contribution in [0.5, 0.6) is 5.75 Å². The molecule has 0 N–H and O–H groups in total. The molecule has 3 rings (SSSR count). The van der Waals surface area contributed by atoms with E-state index in [4.69, 9.17) is 13.9 Å². The number of carbonyl (C=O) groups excluding carboxylic acids is 1. The van der Waals surface area contributed by atoms with Crippen molar-refractivity contribution in [2.45, 2.75) is 6.92 Å². The van der Waals surface area contributed by atoms with Crippen molar-refractivity contribution in [3.8, 4) is 5.75 Å². The first kappa shape index (κ1) is 14.6. The molecular formula is C16H17NO5. The average molecular weight is 303 g/mol. The SMILES string of the molecule is Cc1cc(=O)oc2ccc(OCC(=O)N3CCOCC3)cc12. The molecule has 1 aromatic heterocycles. The average Bonchev–Trinajstić information content (AvgIpc) is 2.53. The highest BCUT2D eigenvalue weighted by atomic mass is 16.5. The number of benzene rings is 1. The van der Waals surface area contributed by atoms with Crippen LogP contribution >= 0.6 is 0 Å². The number of rotatable bonds is 3. The second-order valence-electron chi connectivity index (χ2n) is 5.19. The molecule has 116 valence electrons. The lowest BCUT2D eigenvalue weighted by Gasteiger charge is -2.26. The van der Waals surface area contributed by atoms with Crippen LogP contribution in [-0.4, -0.2) is 43.7 Å². The number of hydrogen-bond donors (Lipinski definition) is 0. The quantitative estimate of drug-likeness (QED) is 0.800. The fraction of sp³-hybridized carbons (Fsp3) is 0.375. The van der Waals surface area contributed by atoms with Crippen LogP contribution in [0, 0.1) is 6.92 Å². The van der Waals surface area contributed by atoms with Crippen molar-refractivity contribution in [1.29, 1.82) is 0 Å². The number of morpholine rings is 1. The summed E-state index contributed by atoms with van der Waals surface area (Å²) in [5.74, 6) is 0.519. The van der Waals surface area contributed by atoms with Crippen LogP contribution in [0.1, 0.15) is 5.56 Å². The van der Waals surface area contributed by atoms with E-state index >= 15 is 0 Å². The molecule has 0 radical (unpaired) electrons. The van der Waals surface area contributed by atoms with Gasteiger partial charge in [-0.05, 0) is 30.7 Å². The zero-order valence-corrected chi connectivity index (χ0v) is 12.3. The zero-order valence-electron chi connectivity index (χ0n) is 12.3. The summed E-state index contributed by atoms with van der Waals surface area (Å²) in [6.45, 7) is 4.16. The second kappa shape index (κ2) is 6.19. The summed E-state index contributed by atoms with van der Waals surface area (Å²) < 4.78 is 15.9. The molecule has 1 aliphatic rings. The number of ether oxygens (including phenoxy) is 2. The Kier molecular flexibility index (Phi) is 4.11. The number of aryl methyl sites for hydroxylation is 1. The fourth-order valence-corrected chi connectivity index (χ4v) is 2.44. The van der Waals surface area contributed by atoms with E-state index in [0.29, 0.717) is 37.6 Å². The van der Waals surface area contributed by atoms with Gasteiger partial charge in [0.05, 0.1) is 13.2 Å². The normalized spacial score (nSPS) is 15.0. The predicted octanol–water partition coefficient (Wildman–Crippen LogP) is 1.34. The smallest absolute Gasteiger partial charge is 0.336 e. The lowest BCUT2D eigenvalue weighted by molar-refractivity contribution is -0.137. The highest BCUT2D eigenvalue weighted by Gasteiger charge is 2.17. The van der Waals surface area contributed by atoms with Crippen molar-refractivity contribution in [3.05, 3.63) is 40.2 Å². The standard InChI is InChI=1S/C16H17NO5/c1-11-8-16(19)22-14-3-2-12(9-13(11)14)21-10-15(18)17-4-6-20-7-5-17/h2-3,8-9H,4-7,10H2,1H3. The summed E-state index contributed by atoms with van der Waals surface area (Å²) in [4.78, 5) is 25.1. The first-order valence-electron chi connectivity index (χ1n) is 7.16. The van der Waals surface area contributed by atoms with Crippen LogP contribution in [0.15, 0.2) is 33.5 Å². The van der Waals surface area contributed by atoms with Gasteiger partial charge < -0.3 is 18.8 Å². The van der Waals surface area contributed by atoms with Gasteiger partial charge in [0.1, 0.15) is 11.3 Å². The van der Waals surface area contributed by atoms with E-state index in [1.165, 1.54) is 6.07 Å². The Morgan fingerprint density at radius 1 is 1.27 bits per heavy atom. The summed E-state index contributed by atoms with van der Waals surface area (Å²) in [6, 6.07) is 6.58. The molecule has 0 bridgehead atoms. The van der Waals surface area contributed by atoms with E-state index in [1.807, 2.05) is 6.92 Å². The van der Waals surface area contributed by atoms with E-state index in [9.17, 15) is 9.59 Å². The lowest BCUT2D eigenvalue weighted by atomic mass is 10.1. The van der Waals surface area contributed by atoms with Gasteiger partial charge in [-0.3, -0.25) is 4.79 Å². The van der Waals surface area contributed by atoms with Gasteiger partial charge in [0.15, 0.2) is 6.61 Å². The second-order valence-corrected chi connectivity index (χ2v) is 5.19. The molecule has 1 saturated heterocycles. The highest BCUT2D eigenvalue weighted by Crippen LogP contribution is 2.22. The predicted molar refractivity (Wildman–Crippen MR) is 80.1 cm³/mol.